The first kappa shape index (κ1) is 5.87. The summed E-state index contributed by atoms with van der Waals surface area (Å²) in [5.41, 5.74) is 0. The minimum atomic E-state index is 0.542. The maximum absolute atomic E-state index is 3.85. The predicted octanol–water partition coefficient (Wildman–Crippen LogP) is 0.529. The van der Waals surface area contributed by atoms with E-state index in [1.807, 2.05) is 0 Å². The van der Waals surface area contributed by atoms with Crippen molar-refractivity contribution in [3.05, 3.63) is 6.20 Å². The molecule has 5 nitrogen and oxygen atoms in total. The Morgan fingerprint density at radius 2 is 2.44 bits per heavy atom. The van der Waals surface area contributed by atoms with E-state index in [4.69, 9.17) is 0 Å². The lowest BCUT2D eigenvalue weighted by molar-refractivity contribution is 0.654. The van der Waals surface area contributed by atoms with E-state index in [0.29, 0.717) is 5.82 Å². The molecule has 0 saturated carbocycles. The fraction of sp³-hybridized carbons (Fsp3) is 0.500. The molecule has 0 aliphatic rings. The van der Waals surface area contributed by atoms with Crippen LogP contribution in [0.4, 0.5) is 5.82 Å². The number of azo groups is 1. The van der Waals surface area contributed by atoms with Crippen LogP contribution < -0.4 is 0 Å². The fourth-order valence-corrected chi connectivity index (χ4v) is 0.483. The molecule has 0 N–H and O–H groups in total. The lowest BCUT2D eigenvalue weighted by Crippen LogP contribution is -1.90. The Morgan fingerprint density at radius 3 is 2.89 bits per heavy atom. The summed E-state index contributed by atoms with van der Waals surface area (Å²) >= 11 is 0. The molecule has 1 heterocycles. The highest BCUT2D eigenvalue weighted by Crippen LogP contribution is 2.01. The van der Waals surface area contributed by atoms with Gasteiger partial charge in [-0.25, -0.2) is 0 Å². The number of hydrogen-bond acceptors (Lipinski definition) is 4. The Hall–Kier alpha value is -1.26. The molecule has 0 aliphatic carbocycles. The van der Waals surface area contributed by atoms with Gasteiger partial charge >= 0.3 is 0 Å². The van der Waals surface area contributed by atoms with Gasteiger partial charge in [-0.3, -0.25) is 0 Å². The molecule has 9 heavy (non-hydrogen) atoms. The summed E-state index contributed by atoms with van der Waals surface area (Å²) in [6, 6.07) is 0. The van der Waals surface area contributed by atoms with E-state index in [0.717, 1.165) is 0 Å². The van der Waals surface area contributed by atoms with Crippen molar-refractivity contribution in [2.24, 2.45) is 17.3 Å². The van der Waals surface area contributed by atoms with Gasteiger partial charge in [0.15, 0.2) is 0 Å². The summed E-state index contributed by atoms with van der Waals surface area (Å²) in [7, 11) is 3.32. The average molecular weight is 125 g/mol. The Kier molecular flexibility index (Phi) is 1.53. The van der Waals surface area contributed by atoms with Gasteiger partial charge in [-0.05, 0) is 0 Å². The van der Waals surface area contributed by atoms with Crippen LogP contribution in [0.1, 0.15) is 0 Å². The maximum Gasteiger partial charge on any atom is 0.215 e. The second-order valence-electron chi connectivity index (χ2n) is 1.49. The molecule has 0 aliphatic heterocycles. The van der Waals surface area contributed by atoms with E-state index < -0.39 is 0 Å². The zero-order valence-electron chi connectivity index (χ0n) is 5.31. The van der Waals surface area contributed by atoms with Crippen LogP contribution in [-0.2, 0) is 7.05 Å². The molecule has 0 bridgehead atoms. The Bertz CT molecular complexity index is 212. The first-order chi connectivity index (χ1) is 4.33. The van der Waals surface area contributed by atoms with Gasteiger partial charge in [0, 0.05) is 14.1 Å². The molecule has 0 radical (unpaired) electrons. The van der Waals surface area contributed by atoms with Crippen LogP contribution in [0.15, 0.2) is 16.4 Å². The van der Waals surface area contributed by atoms with Crippen LogP contribution in [0, 0.1) is 0 Å². The summed E-state index contributed by atoms with van der Waals surface area (Å²) < 4.78 is 0. The van der Waals surface area contributed by atoms with E-state index in [1.165, 1.54) is 4.80 Å². The molecule has 1 aromatic rings. The van der Waals surface area contributed by atoms with Crippen LogP contribution in [0.2, 0.25) is 0 Å². The molecule has 0 fully saturated rings. The monoisotopic (exact) mass is 125 g/mol. The summed E-state index contributed by atoms with van der Waals surface area (Å²) in [4.78, 5) is 1.43. The van der Waals surface area contributed by atoms with Gasteiger partial charge in [0.05, 0.1) is 6.20 Å². The second kappa shape index (κ2) is 2.34. The van der Waals surface area contributed by atoms with Gasteiger partial charge in [0.25, 0.3) is 0 Å². The third-order valence-electron chi connectivity index (χ3n) is 0.790. The van der Waals surface area contributed by atoms with Gasteiger partial charge < -0.3 is 0 Å². The normalized spacial score (nSPS) is 10.9. The van der Waals surface area contributed by atoms with Gasteiger partial charge in [-0.15, -0.1) is 10.2 Å². The van der Waals surface area contributed by atoms with Crippen molar-refractivity contribution in [3.8, 4) is 0 Å². The highest BCUT2D eigenvalue weighted by molar-refractivity contribution is 5.17. The molecule has 0 saturated heterocycles. The lowest BCUT2D eigenvalue weighted by Gasteiger charge is -1.78. The minimum Gasteiger partial charge on any atom is -0.190 e. The Labute approximate surface area is 52.4 Å². The number of nitrogens with zero attached hydrogens (tertiary/aromatic N) is 5. The Balaban J connectivity index is 2.85. The molecule has 1 aromatic heterocycles. The van der Waals surface area contributed by atoms with Crippen molar-refractivity contribution in [1.29, 1.82) is 0 Å². The average Bonchev–Trinajstić information content (AvgIpc) is 2.17. The van der Waals surface area contributed by atoms with Crippen LogP contribution in [0.25, 0.3) is 0 Å². The fourth-order valence-electron chi connectivity index (χ4n) is 0.483. The minimum absolute atomic E-state index is 0.542. The predicted molar refractivity (Wildman–Crippen MR) is 31.4 cm³/mol. The summed E-state index contributed by atoms with van der Waals surface area (Å²) in [5, 5.41) is 14.8. The number of aryl methyl sites for hydroxylation is 1. The largest absolute Gasteiger partial charge is 0.215 e. The SMILES string of the molecule is CN=Nc1cnn(C)n1. The third kappa shape index (κ3) is 1.31. The molecule has 0 atom stereocenters. The summed E-state index contributed by atoms with van der Waals surface area (Å²) in [6.45, 7) is 0. The molecule has 0 aromatic carbocycles. The first-order valence-electron chi connectivity index (χ1n) is 2.49. The van der Waals surface area contributed by atoms with E-state index in [9.17, 15) is 0 Å². The van der Waals surface area contributed by atoms with Crippen molar-refractivity contribution in [3.63, 3.8) is 0 Å². The summed E-state index contributed by atoms with van der Waals surface area (Å²) in [5.74, 6) is 0.542. The quantitative estimate of drug-likeness (QED) is 0.514. The smallest absolute Gasteiger partial charge is 0.190 e. The van der Waals surface area contributed by atoms with E-state index in [-0.39, 0.29) is 0 Å². The molecular weight excluding hydrogens is 118 g/mol. The van der Waals surface area contributed by atoms with Gasteiger partial charge in [0.1, 0.15) is 0 Å². The molecule has 0 spiro atoms. The van der Waals surface area contributed by atoms with Gasteiger partial charge in [-0.1, -0.05) is 0 Å². The van der Waals surface area contributed by atoms with Crippen molar-refractivity contribution in [2.45, 2.75) is 0 Å². The Morgan fingerprint density at radius 1 is 1.67 bits per heavy atom. The number of rotatable bonds is 1. The molecule has 0 amide bonds. The molecule has 0 unspecified atom stereocenters. The molecule has 48 valence electrons. The molecular formula is C4H7N5. The number of hydrogen-bond donors (Lipinski definition) is 0. The van der Waals surface area contributed by atoms with E-state index >= 15 is 0 Å². The topological polar surface area (TPSA) is 55.4 Å². The van der Waals surface area contributed by atoms with Gasteiger partial charge in [-0.2, -0.15) is 15.0 Å². The second-order valence-corrected chi connectivity index (χ2v) is 1.49. The van der Waals surface area contributed by atoms with Crippen molar-refractivity contribution in [2.75, 3.05) is 7.05 Å². The molecule has 5 heteroatoms. The van der Waals surface area contributed by atoms with Crippen molar-refractivity contribution < 1.29 is 0 Å². The number of aromatic nitrogens is 3. The highest BCUT2D eigenvalue weighted by Gasteiger charge is 1.90. The standard InChI is InChI=1S/C4H7N5/c1-5-7-4-3-6-9(2)8-4/h3H,1-2H3. The zero-order chi connectivity index (χ0) is 6.69. The van der Waals surface area contributed by atoms with E-state index in [1.54, 1.807) is 20.3 Å². The van der Waals surface area contributed by atoms with E-state index in [2.05, 4.69) is 20.4 Å². The first-order valence-corrected chi connectivity index (χ1v) is 2.49. The van der Waals surface area contributed by atoms with Crippen LogP contribution >= 0.6 is 0 Å². The van der Waals surface area contributed by atoms with Crippen molar-refractivity contribution >= 4 is 5.82 Å². The maximum atomic E-state index is 3.85. The third-order valence-corrected chi connectivity index (χ3v) is 0.790. The van der Waals surface area contributed by atoms with Crippen LogP contribution in [0.5, 0.6) is 0 Å². The molecule has 1 rings (SSSR count). The lowest BCUT2D eigenvalue weighted by atomic mass is 10.8. The zero-order valence-corrected chi connectivity index (χ0v) is 5.31. The van der Waals surface area contributed by atoms with Crippen molar-refractivity contribution in [1.82, 2.24) is 15.0 Å². The van der Waals surface area contributed by atoms with Crippen LogP contribution in [0.3, 0.4) is 0 Å². The highest BCUT2D eigenvalue weighted by atomic mass is 15.5. The summed E-state index contributed by atoms with van der Waals surface area (Å²) in [6.07, 6.45) is 1.55. The van der Waals surface area contributed by atoms with Crippen LogP contribution in [-0.4, -0.2) is 22.0 Å². The van der Waals surface area contributed by atoms with Gasteiger partial charge in [0.2, 0.25) is 5.82 Å².